The van der Waals surface area contributed by atoms with Gasteiger partial charge in [0.2, 0.25) is 0 Å². The number of likely N-dealkylation sites (tertiary alicyclic amines) is 1. The molecule has 1 N–H and O–H groups in total. The van der Waals surface area contributed by atoms with E-state index in [1.165, 1.54) is 12.8 Å². The van der Waals surface area contributed by atoms with Gasteiger partial charge in [-0.15, -0.1) is 0 Å². The highest BCUT2D eigenvalue weighted by atomic mass is 16.2. The van der Waals surface area contributed by atoms with Gasteiger partial charge in [-0.25, -0.2) is 0 Å². The molecule has 1 aliphatic carbocycles. The van der Waals surface area contributed by atoms with Crippen molar-refractivity contribution in [3.05, 3.63) is 47.5 Å². The highest BCUT2D eigenvalue weighted by Crippen LogP contribution is 2.24. The maximum atomic E-state index is 12.8. The van der Waals surface area contributed by atoms with Crippen LogP contribution in [-0.4, -0.2) is 50.6 Å². The first-order valence-corrected chi connectivity index (χ1v) is 10.6. The van der Waals surface area contributed by atoms with Crippen LogP contribution in [0.4, 0.5) is 0 Å². The lowest BCUT2D eigenvalue weighted by molar-refractivity contribution is 0.0689. The monoisotopic (exact) mass is 395 g/mol. The molecule has 0 spiro atoms. The van der Waals surface area contributed by atoms with E-state index in [2.05, 4.69) is 15.4 Å². The zero-order valence-electron chi connectivity index (χ0n) is 17.0. The van der Waals surface area contributed by atoms with Crippen molar-refractivity contribution in [1.29, 1.82) is 0 Å². The van der Waals surface area contributed by atoms with E-state index < -0.39 is 0 Å². The van der Waals surface area contributed by atoms with Crippen molar-refractivity contribution in [1.82, 2.24) is 25.0 Å². The normalized spacial score (nSPS) is 18.2. The Labute approximate surface area is 171 Å². The van der Waals surface area contributed by atoms with Gasteiger partial charge in [0.05, 0.1) is 16.8 Å². The van der Waals surface area contributed by atoms with E-state index in [1.54, 1.807) is 23.1 Å². The number of nitrogens with one attached hydrogen (secondary N) is 1. The number of rotatable bonds is 5. The van der Waals surface area contributed by atoms with E-state index in [1.807, 2.05) is 24.2 Å². The number of carbonyl (C=O) groups is 2. The first-order valence-electron chi connectivity index (χ1n) is 10.6. The largest absolute Gasteiger partial charge is 0.349 e. The van der Waals surface area contributed by atoms with Gasteiger partial charge in [-0.3, -0.25) is 19.3 Å². The number of pyridine rings is 1. The Morgan fingerprint density at radius 1 is 1.17 bits per heavy atom. The van der Waals surface area contributed by atoms with Crippen LogP contribution in [0.1, 0.15) is 64.9 Å². The minimum absolute atomic E-state index is 0.00388. The molecule has 0 unspecified atom stereocenters. The van der Waals surface area contributed by atoms with Gasteiger partial charge >= 0.3 is 0 Å². The number of hydrogen-bond acceptors (Lipinski definition) is 4. The molecule has 2 aliphatic rings. The lowest BCUT2D eigenvalue weighted by atomic mass is 9.91. The topological polar surface area (TPSA) is 80.1 Å². The first-order chi connectivity index (χ1) is 14.1. The summed E-state index contributed by atoms with van der Waals surface area (Å²) in [7, 11) is 1.87. The fraction of sp³-hybridized carbons (Fsp3) is 0.545. The van der Waals surface area contributed by atoms with Crippen LogP contribution >= 0.6 is 0 Å². The third-order valence-electron chi connectivity index (χ3n) is 6.13. The molecule has 0 radical (unpaired) electrons. The van der Waals surface area contributed by atoms with Gasteiger partial charge in [0.1, 0.15) is 0 Å². The summed E-state index contributed by atoms with van der Waals surface area (Å²) >= 11 is 0. The number of hydrogen-bond donors (Lipinski definition) is 1. The smallest absolute Gasteiger partial charge is 0.255 e. The molecular formula is C22H29N5O2. The molecule has 2 amide bonds. The van der Waals surface area contributed by atoms with Crippen LogP contribution in [0, 0.1) is 5.92 Å². The molecule has 0 aromatic carbocycles. The van der Waals surface area contributed by atoms with E-state index >= 15 is 0 Å². The summed E-state index contributed by atoms with van der Waals surface area (Å²) in [5.41, 5.74) is 2.22. The van der Waals surface area contributed by atoms with Crippen LogP contribution in [0.15, 0.2) is 30.7 Å². The SMILES string of the molecule is Cn1cc(C(=O)NC2CCCC2)c(CC2CCN(C(=O)c3cccnc3)CC2)n1. The summed E-state index contributed by atoms with van der Waals surface area (Å²) < 4.78 is 1.74. The zero-order chi connectivity index (χ0) is 20.2. The molecule has 1 saturated carbocycles. The number of aromatic nitrogens is 3. The van der Waals surface area contributed by atoms with E-state index in [9.17, 15) is 9.59 Å². The number of nitrogens with zero attached hydrogens (tertiary/aromatic N) is 4. The molecule has 0 atom stereocenters. The van der Waals surface area contributed by atoms with E-state index in [0.29, 0.717) is 23.1 Å². The van der Waals surface area contributed by atoms with Crippen LogP contribution in [0.5, 0.6) is 0 Å². The van der Waals surface area contributed by atoms with Gasteiger partial charge in [-0.1, -0.05) is 12.8 Å². The van der Waals surface area contributed by atoms with Gasteiger partial charge in [0, 0.05) is 44.8 Å². The van der Waals surface area contributed by atoms with Crippen LogP contribution in [0.2, 0.25) is 0 Å². The summed E-state index contributed by atoms with van der Waals surface area (Å²) in [5, 5.41) is 7.74. The average Bonchev–Trinajstić information content (AvgIpc) is 3.38. The Kier molecular flexibility index (Phi) is 5.92. The molecule has 2 fully saturated rings. The summed E-state index contributed by atoms with van der Waals surface area (Å²) in [5.74, 6) is 0.482. The molecule has 3 heterocycles. The van der Waals surface area contributed by atoms with E-state index in [0.717, 1.165) is 50.9 Å². The minimum atomic E-state index is 0.00388. The maximum Gasteiger partial charge on any atom is 0.255 e. The molecule has 2 aromatic rings. The number of piperidine rings is 1. The van der Waals surface area contributed by atoms with Crippen molar-refractivity contribution >= 4 is 11.8 Å². The van der Waals surface area contributed by atoms with Crippen molar-refractivity contribution in [2.75, 3.05) is 13.1 Å². The Balaban J connectivity index is 1.35. The summed E-state index contributed by atoms with van der Waals surface area (Å²) in [6.07, 6.45) is 12.3. The highest BCUT2D eigenvalue weighted by molar-refractivity contribution is 5.95. The Hall–Kier alpha value is -2.70. The second-order valence-electron chi connectivity index (χ2n) is 8.30. The standard InChI is InChI=1S/C22H29N5O2/c1-26-15-19(21(28)24-18-6-2-3-7-18)20(25-26)13-16-8-11-27(12-9-16)22(29)17-5-4-10-23-14-17/h4-5,10,14-16,18H,2-3,6-9,11-13H2,1H3,(H,24,28). The van der Waals surface area contributed by atoms with Crippen molar-refractivity contribution in [2.45, 2.75) is 51.0 Å². The van der Waals surface area contributed by atoms with Crippen molar-refractivity contribution < 1.29 is 9.59 Å². The average molecular weight is 396 g/mol. The number of amides is 2. The van der Waals surface area contributed by atoms with Gasteiger partial charge < -0.3 is 10.2 Å². The molecular weight excluding hydrogens is 366 g/mol. The molecule has 29 heavy (non-hydrogen) atoms. The van der Waals surface area contributed by atoms with Crippen LogP contribution in [-0.2, 0) is 13.5 Å². The Morgan fingerprint density at radius 2 is 1.93 bits per heavy atom. The van der Waals surface area contributed by atoms with Gasteiger partial charge in [0.15, 0.2) is 0 Å². The molecule has 4 rings (SSSR count). The second-order valence-corrected chi connectivity index (χ2v) is 8.30. The maximum absolute atomic E-state index is 12.8. The zero-order valence-corrected chi connectivity index (χ0v) is 17.0. The lowest BCUT2D eigenvalue weighted by Crippen LogP contribution is -2.39. The predicted molar refractivity (Wildman–Crippen MR) is 109 cm³/mol. The lowest BCUT2D eigenvalue weighted by Gasteiger charge is -2.32. The van der Waals surface area contributed by atoms with Gasteiger partial charge in [-0.05, 0) is 50.2 Å². The van der Waals surface area contributed by atoms with Crippen molar-refractivity contribution in [2.24, 2.45) is 13.0 Å². The predicted octanol–water partition coefficient (Wildman–Crippen LogP) is 2.58. The molecule has 2 aromatic heterocycles. The third kappa shape index (κ3) is 4.66. The minimum Gasteiger partial charge on any atom is -0.349 e. The van der Waals surface area contributed by atoms with Crippen LogP contribution in [0.25, 0.3) is 0 Å². The van der Waals surface area contributed by atoms with Crippen molar-refractivity contribution in [3.63, 3.8) is 0 Å². The van der Waals surface area contributed by atoms with Crippen LogP contribution in [0.3, 0.4) is 0 Å². The highest BCUT2D eigenvalue weighted by Gasteiger charge is 2.27. The summed E-state index contributed by atoms with van der Waals surface area (Å²) in [4.78, 5) is 31.3. The van der Waals surface area contributed by atoms with E-state index in [4.69, 9.17) is 0 Å². The molecule has 1 aliphatic heterocycles. The van der Waals surface area contributed by atoms with Gasteiger partial charge in [0.25, 0.3) is 11.8 Å². The fourth-order valence-corrected chi connectivity index (χ4v) is 4.49. The summed E-state index contributed by atoms with van der Waals surface area (Å²) in [6.45, 7) is 1.46. The van der Waals surface area contributed by atoms with Gasteiger partial charge in [-0.2, -0.15) is 5.10 Å². The number of aryl methyl sites for hydroxylation is 1. The van der Waals surface area contributed by atoms with Crippen molar-refractivity contribution in [3.8, 4) is 0 Å². The third-order valence-corrected chi connectivity index (χ3v) is 6.13. The molecule has 0 bridgehead atoms. The second kappa shape index (κ2) is 8.76. The Morgan fingerprint density at radius 3 is 2.62 bits per heavy atom. The van der Waals surface area contributed by atoms with Crippen LogP contribution < -0.4 is 5.32 Å². The quantitative estimate of drug-likeness (QED) is 0.844. The fourth-order valence-electron chi connectivity index (χ4n) is 4.49. The molecule has 1 saturated heterocycles. The number of carbonyl (C=O) groups excluding carboxylic acids is 2. The van der Waals surface area contributed by atoms with E-state index in [-0.39, 0.29) is 11.8 Å². The molecule has 7 nitrogen and oxygen atoms in total. The first kappa shape index (κ1) is 19.6. The summed E-state index contributed by atoms with van der Waals surface area (Å²) in [6, 6.07) is 3.90. The molecule has 7 heteroatoms. The molecule has 154 valence electrons. The Bertz CT molecular complexity index is 849.